The van der Waals surface area contributed by atoms with E-state index in [9.17, 15) is 9.59 Å². The zero-order valence-corrected chi connectivity index (χ0v) is 14.6. The Morgan fingerprint density at radius 1 is 1.26 bits per heavy atom. The Hall–Kier alpha value is -1.55. The van der Waals surface area contributed by atoms with Gasteiger partial charge in [0.25, 0.3) is 0 Å². The van der Waals surface area contributed by atoms with Crippen molar-refractivity contribution in [1.82, 2.24) is 4.90 Å². The van der Waals surface area contributed by atoms with E-state index in [2.05, 4.69) is 19.2 Å². The van der Waals surface area contributed by atoms with Crippen LogP contribution in [0.3, 0.4) is 0 Å². The van der Waals surface area contributed by atoms with Crippen molar-refractivity contribution < 1.29 is 9.59 Å². The third-order valence-corrected chi connectivity index (χ3v) is 4.84. The molecule has 1 aromatic carbocycles. The summed E-state index contributed by atoms with van der Waals surface area (Å²) in [6.45, 7) is 5.44. The number of carbonyl (C=O) groups excluding carboxylic acids is 2. The number of anilines is 1. The average Bonchev–Trinajstić information content (AvgIpc) is 2.56. The number of hydrogen-bond acceptors (Lipinski definition) is 2. The Bertz CT molecular complexity index is 550. The molecule has 0 unspecified atom stereocenters. The lowest BCUT2D eigenvalue weighted by atomic mass is 9.93. The van der Waals surface area contributed by atoms with Crippen molar-refractivity contribution in [1.29, 1.82) is 0 Å². The van der Waals surface area contributed by atoms with Crippen LogP contribution in [0.1, 0.15) is 39.5 Å². The molecular weight excluding hydrogens is 312 g/mol. The van der Waals surface area contributed by atoms with Crippen molar-refractivity contribution in [3.63, 3.8) is 0 Å². The summed E-state index contributed by atoms with van der Waals surface area (Å²) in [6, 6.07) is 7.16. The van der Waals surface area contributed by atoms with Crippen LogP contribution in [-0.4, -0.2) is 29.8 Å². The minimum Gasteiger partial charge on any atom is -0.342 e. The summed E-state index contributed by atoms with van der Waals surface area (Å²) < 4.78 is 0. The van der Waals surface area contributed by atoms with E-state index in [-0.39, 0.29) is 23.7 Å². The monoisotopic (exact) mass is 336 g/mol. The summed E-state index contributed by atoms with van der Waals surface area (Å²) >= 11 is 5.93. The molecule has 0 aliphatic carbocycles. The molecule has 1 N–H and O–H groups in total. The molecule has 1 saturated heterocycles. The second-order valence-corrected chi connectivity index (χ2v) is 6.55. The molecule has 1 fully saturated rings. The second-order valence-electron chi connectivity index (χ2n) is 6.11. The minimum atomic E-state index is -0.0419. The maximum atomic E-state index is 12.4. The number of likely N-dealkylation sites (tertiary alicyclic amines) is 1. The van der Waals surface area contributed by atoms with E-state index in [1.54, 1.807) is 12.1 Å². The van der Waals surface area contributed by atoms with Gasteiger partial charge in [-0.2, -0.15) is 0 Å². The van der Waals surface area contributed by atoms with Crippen LogP contribution in [0.2, 0.25) is 5.02 Å². The van der Waals surface area contributed by atoms with Crippen LogP contribution in [0.4, 0.5) is 5.69 Å². The van der Waals surface area contributed by atoms with E-state index in [1.807, 2.05) is 17.0 Å². The summed E-state index contributed by atoms with van der Waals surface area (Å²) in [6.07, 6.45) is 3.20. The highest BCUT2D eigenvalue weighted by atomic mass is 35.5. The van der Waals surface area contributed by atoms with Crippen molar-refractivity contribution in [2.24, 2.45) is 11.8 Å². The molecule has 4 nitrogen and oxygen atoms in total. The van der Waals surface area contributed by atoms with E-state index in [4.69, 9.17) is 11.6 Å². The summed E-state index contributed by atoms with van der Waals surface area (Å²) in [5.41, 5.74) is 0.720. The molecule has 0 radical (unpaired) electrons. The molecule has 1 aliphatic heterocycles. The Kier molecular flexibility index (Phi) is 6.46. The first-order chi connectivity index (χ1) is 11.0. The normalized spacial score (nSPS) is 15.7. The molecule has 1 aliphatic rings. The smallest absolute Gasteiger partial charge is 0.227 e. The van der Waals surface area contributed by atoms with E-state index >= 15 is 0 Å². The van der Waals surface area contributed by atoms with Crippen LogP contribution >= 0.6 is 11.6 Å². The third kappa shape index (κ3) is 4.71. The highest BCUT2D eigenvalue weighted by Crippen LogP contribution is 2.23. The molecule has 0 saturated carbocycles. The molecule has 0 aromatic heterocycles. The van der Waals surface area contributed by atoms with Crippen LogP contribution in [0.15, 0.2) is 24.3 Å². The predicted octanol–water partition coefficient (Wildman–Crippen LogP) is 3.95. The lowest BCUT2D eigenvalue weighted by Crippen LogP contribution is -2.43. The topological polar surface area (TPSA) is 49.4 Å². The minimum absolute atomic E-state index is 0.0156. The molecule has 5 heteroatoms. The Morgan fingerprint density at radius 2 is 1.91 bits per heavy atom. The van der Waals surface area contributed by atoms with Gasteiger partial charge in [0.15, 0.2) is 0 Å². The summed E-state index contributed by atoms with van der Waals surface area (Å²) in [5, 5.41) is 3.52. The molecule has 2 rings (SSSR count). The van der Waals surface area contributed by atoms with Gasteiger partial charge in [-0.1, -0.05) is 31.5 Å². The molecule has 1 aromatic rings. The molecule has 0 spiro atoms. The molecule has 1 heterocycles. The van der Waals surface area contributed by atoms with Crippen molar-refractivity contribution in [2.75, 3.05) is 18.4 Å². The highest BCUT2D eigenvalue weighted by Gasteiger charge is 2.29. The molecular formula is C18H25ClN2O2. The molecule has 126 valence electrons. The van der Waals surface area contributed by atoms with E-state index in [0.29, 0.717) is 18.1 Å². The second kappa shape index (κ2) is 8.34. The lowest BCUT2D eigenvalue weighted by molar-refractivity contribution is -0.138. The zero-order chi connectivity index (χ0) is 16.8. The number of nitrogens with zero attached hydrogens (tertiary/aromatic N) is 1. The SMILES string of the molecule is CCC(CC)C(=O)N1CCC(C(=O)Nc2cccc(Cl)c2)CC1. The number of amides is 2. The van der Waals surface area contributed by atoms with Crippen LogP contribution in [0.25, 0.3) is 0 Å². The van der Waals surface area contributed by atoms with Gasteiger partial charge in [0, 0.05) is 35.6 Å². The average molecular weight is 337 g/mol. The van der Waals surface area contributed by atoms with Crippen LogP contribution < -0.4 is 5.32 Å². The van der Waals surface area contributed by atoms with Gasteiger partial charge in [0.2, 0.25) is 11.8 Å². The molecule has 0 atom stereocenters. The fourth-order valence-electron chi connectivity index (χ4n) is 3.07. The molecule has 2 amide bonds. The molecule has 23 heavy (non-hydrogen) atoms. The van der Waals surface area contributed by atoms with E-state index in [1.165, 1.54) is 0 Å². The zero-order valence-electron chi connectivity index (χ0n) is 13.8. The van der Waals surface area contributed by atoms with Gasteiger partial charge in [0.1, 0.15) is 0 Å². The van der Waals surface area contributed by atoms with Crippen LogP contribution in [0.5, 0.6) is 0 Å². The number of halogens is 1. The van der Waals surface area contributed by atoms with Gasteiger partial charge < -0.3 is 10.2 Å². The predicted molar refractivity (Wildman–Crippen MR) is 93.5 cm³/mol. The van der Waals surface area contributed by atoms with Crippen molar-refractivity contribution in [2.45, 2.75) is 39.5 Å². The number of carbonyl (C=O) groups is 2. The molecule has 0 bridgehead atoms. The number of rotatable bonds is 5. The summed E-state index contributed by atoms with van der Waals surface area (Å²) in [5.74, 6) is 0.331. The summed E-state index contributed by atoms with van der Waals surface area (Å²) in [7, 11) is 0. The van der Waals surface area contributed by atoms with Crippen LogP contribution in [-0.2, 0) is 9.59 Å². The first-order valence-electron chi connectivity index (χ1n) is 8.40. The number of nitrogens with one attached hydrogen (secondary N) is 1. The van der Waals surface area contributed by atoms with Crippen molar-refractivity contribution >= 4 is 29.1 Å². The number of piperidine rings is 1. The first kappa shape index (κ1) is 17.8. The maximum absolute atomic E-state index is 12.4. The van der Waals surface area contributed by atoms with Gasteiger partial charge in [0.05, 0.1) is 0 Å². The maximum Gasteiger partial charge on any atom is 0.227 e. The summed E-state index contributed by atoms with van der Waals surface area (Å²) in [4.78, 5) is 26.6. The van der Waals surface area contributed by atoms with Gasteiger partial charge in [-0.3, -0.25) is 9.59 Å². The number of hydrogen-bond donors (Lipinski definition) is 1. The van der Waals surface area contributed by atoms with Gasteiger partial charge >= 0.3 is 0 Å². The van der Waals surface area contributed by atoms with Gasteiger partial charge in [-0.05, 0) is 43.9 Å². The first-order valence-corrected chi connectivity index (χ1v) is 8.78. The van der Waals surface area contributed by atoms with E-state index in [0.717, 1.165) is 31.4 Å². The van der Waals surface area contributed by atoms with E-state index < -0.39 is 0 Å². The Labute approximate surface area is 143 Å². The van der Waals surface area contributed by atoms with Crippen molar-refractivity contribution in [3.8, 4) is 0 Å². The quantitative estimate of drug-likeness (QED) is 0.885. The van der Waals surface area contributed by atoms with Gasteiger partial charge in [-0.15, -0.1) is 0 Å². The highest BCUT2D eigenvalue weighted by molar-refractivity contribution is 6.30. The van der Waals surface area contributed by atoms with Crippen LogP contribution in [0, 0.1) is 11.8 Å². The van der Waals surface area contributed by atoms with Crippen molar-refractivity contribution in [3.05, 3.63) is 29.3 Å². The Balaban J connectivity index is 1.86. The lowest BCUT2D eigenvalue weighted by Gasteiger charge is -2.33. The number of benzene rings is 1. The standard InChI is InChI=1S/C18H25ClN2O2/c1-3-13(4-2)18(23)21-10-8-14(9-11-21)17(22)20-16-7-5-6-15(19)12-16/h5-7,12-14H,3-4,8-11H2,1-2H3,(H,20,22). The largest absolute Gasteiger partial charge is 0.342 e. The Morgan fingerprint density at radius 3 is 2.48 bits per heavy atom. The van der Waals surface area contributed by atoms with Gasteiger partial charge in [-0.25, -0.2) is 0 Å². The fraction of sp³-hybridized carbons (Fsp3) is 0.556. The fourth-order valence-corrected chi connectivity index (χ4v) is 3.26. The third-order valence-electron chi connectivity index (χ3n) is 4.60.